The summed E-state index contributed by atoms with van der Waals surface area (Å²) in [6, 6.07) is 0. The molecule has 5 heteroatoms. The molecule has 0 atom stereocenters. The second-order valence-corrected chi connectivity index (χ2v) is 11.6. The van der Waals surface area contributed by atoms with Gasteiger partial charge in [-0.15, -0.1) is 0 Å². The van der Waals surface area contributed by atoms with Crippen LogP contribution in [-0.4, -0.2) is 43.3 Å². The summed E-state index contributed by atoms with van der Waals surface area (Å²) in [7, 11) is 0. The van der Waals surface area contributed by atoms with Gasteiger partial charge in [-0.05, 0) is 12.8 Å². The van der Waals surface area contributed by atoms with Crippen molar-refractivity contribution in [2.75, 3.05) is 0 Å². The topological polar surface area (TPSA) is 74.6 Å². The van der Waals surface area contributed by atoms with Gasteiger partial charge in [0.25, 0.3) is 0 Å². The van der Waals surface area contributed by atoms with E-state index in [2.05, 4.69) is 13.8 Å². The third-order valence-corrected chi connectivity index (χ3v) is 8.48. The van der Waals surface area contributed by atoms with Gasteiger partial charge in [0.1, 0.15) is 0 Å². The maximum absolute atomic E-state index is 9.90. The molecule has 0 aliphatic heterocycles. The molecule has 2 N–H and O–H groups in total. The summed E-state index contributed by atoms with van der Waals surface area (Å²) in [6.07, 6.45) is 18.8. The van der Waals surface area contributed by atoms with Gasteiger partial charge in [-0.2, -0.15) is 0 Å². The molecule has 0 aromatic rings. The standard InChI is InChI=1S/2C8H17.C6H10O4.Sn/c2*1-3-5-7-8-6-4-2;7-5(8)3-1-2-4-6(9)10;/h2*1,3-8H2,2H3;1-4H2,(H,7,8)(H,9,10);. The summed E-state index contributed by atoms with van der Waals surface area (Å²) in [5, 5.41) is 16.3. The van der Waals surface area contributed by atoms with E-state index in [1.165, 1.54) is 64.2 Å². The first-order chi connectivity index (χ1) is 13.0. The summed E-state index contributed by atoms with van der Waals surface area (Å²) in [5.41, 5.74) is 0. The molecule has 0 bridgehead atoms. The molecule has 0 amide bonds. The maximum atomic E-state index is 9.90. The van der Waals surface area contributed by atoms with Gasteiger partial charge >= 0.3 is 133 Å². The summed E-state index contributed by atoms with van der Waals surface area (Å²) >= 11 is 0.0736. The van der Waals surface area contributed by atoms with Crippen molar-refractivity contribution < 1.29 is 19.8 Å². The van der Waals surface area contributed by atoms with Crippen molar-refractivity contribution in [3.05, 3.63) is 0 Å². The molecule has 0 unspecified atom stereocenters. The van der Waals surface area contributed by atoms with E-state index in [0.29, 0.717) is 12.8 Å². The number of hydrogen-bond acceptors (Lipinski definition) is 2. The Balaban J connectivity index is 0. The molecule has 0 saturated heterocycles. The number of hydrogen-bond donors (Lipinski definition) is 2. The third kappa shape index (κ3) is 33.7. The zero-order valence-corrected chi connectivity index (χ0v) is 20.8. The SMILES string of the molecule is CCCCCCC[CH2][Sn][CH2]CCCCCCC.O=C(O)CCCCC(=O)O. The van der Waals surface area contributed by atoms with Crippen LogP contribution in [0, 0.1) is 0 Å². The van der Waals surface area contributed by atoms with Crippen LogP contribution >= 0.6 is 0 Å². The van der Waals surface area contributed by atoms with E-state index < -0.39 is 11.9 Å². The first-order valence-corrected chi connectivity index (χ1v) is 15.2. The van der Waals surface area contributed by atoms with Crippen molar-refractivity contribution in [1.82, 2.24) is 0 Å². The monoisotopic (exact) mass is 492 g/mol. The predicted octanol–water partition coefficient (Wildman–Crippen LogP) is 6.96. The Morgan fingerprint density at radius 2 is 0.889 bits per heavy atom. The second kappa shape index (κ2) is 25.7. The average Bonchev–Trinajstić information content (AvgIpc) is 2.63. The second-order valence-electron chi connectivity index (χ2n) is 7.28. The molecule has 4 nitrogen and oxygen atoms in total. The smallest absolute Gasteiger partial charge is 0.303 e. The van der Waals surface area contributed by atoms with Crippen molar-refractivity contribution in [1.29, 1.82) is 0 Å². The number of carboxylic acids is 2. The van der Waals surface area contributed by atoms with Crippen LogP contribution in [0.4, 0.5) is 0 Å². The largest absolute Gasteiger partial charge is 0.481 e. The number of aliphatic carboxylic acids is 2. The first-order valence-electron chi connectivity index (χ1n) is 11.2. The minimum absolute atomic E-state index is 0.0628. The molecule has 0 fully saturated rings. The van der Waals surface area contributed by atoms with Gasteiger partial charge in [-0.3, -0.25) is 9.59 Å². The Kier molecular flexibility index (Phi) is 27.6. The van der Waals surface area contributed by atoms with E-state index in [0.717, 1.165) is 0 Å². The fourth-order valence-electron chi connectivity index (χ4n) is 2.74. The van der Waals surface area contributed by atoms with Gasteiger partial charge in [0.05, 0.1) is 0 Å². The minimum atomic E-state index is -0.870. The van der Waals surface area contributed by atoms with Crippen LogP contribution in [0.5, 0.6) is 0 Å². The molecule has 27 heavy (non-hydrogen) atoms. The molecule has 2 radical (unpaired) electrons. The molecule has 0 aromatic carbocycles. The van der Waals surface area contributed by atoms with Crippen LogP contribution in [0.1, 0.15) is 117 Å². The average molecular weight is 491 g/mol. The number of unbranched alkanes of at least 4 members (excludes halogenated alkanes) is 11. The molecule has 0 aromatic heterocycles. The quantitative estimate of drug-likeness (QED) is 0.151. The van der Waals surface area contributed by atoms with E-state index in [-0.39, 0.29) is 34.0 Å². The van der Waals surface area contributed by atoms with Gasteiger partial charge in [-0.1, -0.05) is 0 Å². The van der Waals surface area contributed by atoms with E-state index in [1.54, 1.807) is 21.7 Å². The van der Waals surface area contributed by atoms with E-state index >= 15 is 0 Å². The Morgan fingerprint density at radius 1 is 0.556 bits per heavy atom. The van der Waals surface area contributed by atoms with Crippen LogP contribution in [0.3, 0.4) is 0 Å². The molecule has 0 heterocycles. The molecule has 0 aliphatic carbocycles. The van der Waals surface area contributed by atoms with Gasteiger partial charge in [0, 0.05) is 12.8 Å². The minimum Gasteiger partial charge on any atom is -0.481 e. The van der Waals surface area contributed by atoms with Crippen LogP contribution < -0.4 is 0 Å². The van der Waals surface area contributed by atoms with E-state index in [1.807, 2.05) is 0 Å². The van der Waals surface area contributed by atoms with Crippen molar-refractivity contribution in [3.8, 4) is 0 Å². The molecular weight excluding hydrogens is 447 g/mol. The third-order valence-electron chi connectivity index (χ3n) is 4.45. The molecular formula is C22H44O4Sn. The fraction of sp³-hybridized carbons (Fsp3) is 0.909. The normalized spacial score (nSPS) is 10.3. The van der Waals surface area contributed by atoms with Crippen LogP contribution in [0.15, 0.2) is 0 Å². The predicted molar refractivity (Wildman–Crippen MR) is 116 cm³/mol. The van der Waals surface area contributed by atoms with Crippen molar-refractivity contribution in [3.63, 3.8) is 0 Å². The maximum Gasteiger partial charge on any atom is 0.303 e. The van der Waals surface area contributed by atoms with Crippen molar-refractivity contribution >= 4 is 33.1 Å². The molecule has 0 spiro atoms. The first kappa shape index (κ1) is 28.9. The summed E-state index contributed by atoms with van der Waals surface area (Å²) < 4.78 is 3.31. The Bertz CT molecular complexity index is 291. The van der Waals surface area contributed by atoms with Crippen LogP contribution in [0.2, 0.25) is 8.87 Å². The van der Waals surface area contributed by atoms with E-state index in [4.69, 9.17) is 10.2 Å². The van der Waals surface area contributed by atoms with Crippen LogP contribution in [-0.2, 0) is 9.59 Å². The number of rotatable bonds is 19. The van der Waals surface area contributed by atoms with Crippen molar-refractivity contribution in [2.24, 2.45) is 0 Å². The Morgan fingerprint density at radius 3 is 1.22 bits per heavy atom. The van der Waals surface area contributed by atoms with Crippen molar-refractivity contribution in [2.45, 2.75) is 125 Å². The Labute approximate surface area is 178 Å². The molecule has 0 saturated carbocycles. The summed E-state index contributed by atoms with van der Waals surface area (Å²) in [5.74, 6) is -1.74. The summed E-state index contributed by atoms with van der Waals surface area (Å²) in [6.45, 7) is 4.60. The molecule has 160 valence electrons. The number of carbonyl (C=O) groups is 2. The molecule has 0 aliphatic rings. The zero-order chi connectivity index (χ0) is 20.6. The fourth-order valence-corrected chi connectivity index (χ4v) is 6.31. The summed E-state index contributed by atoms with van der Waals surface area (Å²) in [4.78, 5) is 19.8. The Hall–Kier alpha value is -0.261. The van der Waals surface area contributed by atoms with Crippen LogP contribution in [0.25, 0.3) is 0 Å². The van der Waals surface area contributed by atoms with Gasteiger partial charge < -0.3 is 10.2 Å². The zero-order valence-electron chi connectivity index (χ0n) is 17.9. The molecule has 0 rings (SSSR count). The number of carboxylic acid groups (broad SMARTS) is 2. The van der Waals surface area contributed by atoms with E-state index in [9.17, 15) is 9.59 Å². The van der Waals surface area contributed by atoms with Gasteiger partial charge in [-0.25, -0.2) is 0 Å². The van der Waals surface area contributed by atoms with Gasteiger partial charge in [0.15, 0.2) is 0 Å². The van der Waals surface area contributed by atoms with Gasteiger partial charge in [0.2, 0.25) is 0 Å².